The van der Waals surface area contributed by atoms with Crippen LogP contribution in [0.3, 0.4) is 0 Å². The summed E-state index contributed by atoms with van der Waals surface area (Å²) in [6, 6.07) is 10.2. The predicted octanol–water partition coefficient (Wildman–Crippen LogP) is 4.16. The van der Waals surface area contributed by atoms with Gasteiger partial charge in [-0.1, -0.05) is 12.1 Å². The molecule has 0 bridgehead atoms. The lowest BCUT2D eigenvalue weighted by atomic mass is 10.0. The number of benzene rings is 2. The normalized spacial score (nSPS) is 10.8. The van der Waals surface area contributed by atoms with Gasteiger partial charge in [-0.05, 0) is 42.3 Å². The molecular weight excluding hydrogens is 357 g/mol. The zero-order valence-corrected chi connectivity index (χ0v) is 15.5. The largest absolute Gasteiger partial charge is 0.494 e. The molecule has 140 valence electrons. The summed E-state index contributed by atoms with van der Waals surface area (Å²) >= 11 is 0. The van der Waals surface area contributed by atoms with Crippen LogP contribution in [0, 0.1) is 12.7 Å². The van der Waals surface area contributed by atoms with E-state index in [9.17, 15) is 4.39 Å². The van der Waals surface area contributed by atoms with Gasteiger partial charge in [0, 0.05) is 29.9 Å². The van der Waals surface area contributed by atoms with Crippen molar-refractivity contribution in [1.29, 1.82) is 0 Å². The van der Waals surface area contributed by atoms with E-state index in [4.69, 9.17) is 4.74 Å². The van der Waals surface area contributed by atoms with Crippen LogP contribution < -0.4 is 10.1 Å². The summed E-state index contributed by atoms with van der Waals surface area (Å²) in [5.41, 5.74) is 3.41. The van der Waals surface area contributed by atoms with Crippen molar-refractivity contribution in [1.82, 2.24) is 19.9 Å². The van der Waals surface area contributed by atoms with Crippen molar-refractivity contribution in [2.45, 2.75) is 13.5 Å². The van der Waals surface area contributed by atoms with Crippen molar-refractivity contribution in [2.24, 2.45) is 0 Å². The highest BCUT2D eigenvalue weighted by Crippen LogP contribution is 2.34. The van der Waals surface area contributed by atoms with Gasteiger partial charge in [-0.3, -0.25) is 0 Å². The molecular formula is C21H18FN5O. The fourth-order valence-electron chi connectivity index (χ4n) is 2.94. The van der Waals surface area contributed by atoms with Gasteiger partial charge in [0.15, 0.2) is 0 Å². The Morgan fingerprint density at radius 3 is 2.43 bits per heavy atom. The van der Waals surface area contributed by atoms with Crippen LogP contribution in [-0.4, -0.2) is 27.0 Å². The molecule has 0 spiro atoms. The number of aromatic nitrogens is 4. The van der Waals surface area contributed by atoms with Gasteiger partial charge in [-0.15, -0.1) is 0 Å². The minimum atomic E-state index is -0.275. The van der Waals surface area contributed by atoms with Crippen LogP contribution in [-0.2, 0) is 6.54 Å². The third-order valence-electron chi connectivity index (χ3n) is 4.40. The standard InChI is InChI=1S/C21H18FN5O/c1-13-23-9-14(10-24-13)11-25-21-18-7-16(15-3-5-17(22)6-4-15)8-19(28-2)20(18)26-12-27-21/h3-10,12H,11H2,1-2H3,(H,25,26,27). The van der Waals surface area contributed by atoms with Crippen LogP contribution in [0.5, 0.6) is 5.75 Å². The maximum atomic E-state index is 13.3. The lowest BCUT2D eigenvalue weighted by molar-refractivity contribution is 0.419. The highest BCUT2D eigenvalue weighted by atomic mass is 19.1. The molecule has 0 radical (unpaired) electrons. The minimum absolute atomic E-state index is 0.275. The van der Waals surface area contributed by atoms with E-state index >= 15 is 0 Å². The second kappa shape index (κ2) is 7.56. The van der Waals surface area contributed by atoms with Crippen molar-refractivity contribution in [3.63, 3.8) is 0 Å². The Kier molecular flexibility index (Phi) is 4.80. The molecule has 6 nitrogen and oxygen atoms in total. The number of nitrogens with one attached hydrogen (secondary N) is 1. The summed E-state index contributed by atoms with van der Waals surface area (Å²) in [7, 11) is 1.60. The third kappa shape index (κ3) is 3.59. The van der Waals surface area contributed by atoms with Gasteiger partial charge in [0.05, 0.1) is 7.11 Å². The SMILES string of the molecule is COc1cc(-c2ccc(F)cc2)cc2c(NCc3cnc(C)nc3)ncnc12. The third-order valence-corrected chi connectivity index (χ3v) is 4.40. The van der Waals surface area contributed by atoms with Gasteiger partial charge in [0.25, 0.3) is 0 Å². The van der Waals surface area contributed by atoms with Crippen molar-refractivity contribution >= 4 is 16.7 Å². The summed E-state index contributed by atoms with van der Waals surface area (Å²) in [6.45, 7) is 2.37. The second-order valence-corrected chi connectivity index (χ2v) is 6.30. The first-order valence-electron chi connectivity index (χ1n) is 8.74. The molecule has 0 unspecified atom stereocenters. The Morgan fingerprint density at radius 1 is 0.964 bits per heavy atom. The molecule has 4 aromatic rings. The average molecular weight is 375 g/mol. The molecule has 2 aromatic heterocycles. The number of anilines is 1. The van der Waals surface area contributed by atoms with E-state index in [2.05, 4.69) is 25.3 Å². The molecule has 1 N–H and O–H groups in total. The van der Waals surface area contributed by atoms with Gasteiger partial charge in [0.2, 0.25) is 0 Å². The highest BCUT2D eigenvalue weighted by Gasteiger charge is 2.12. The van der Waals surface area contributed by atoms with Crippen molar-refractivity contribution in [2.75, 3.05) is 12.4 Å². The first-order valence-corrected chi connectivity index (χ1v) is 8.74. The molecule has 28 heavy (non-hydrogen) atoms. The number of methoxy groups -OCH3 is 1. The Hall–Kier alpha value is -3.61. The predicted molar refractivity (Wildman–Crippen MR) is 106 cm³/mol. The van der Waals surface area contributed by atoms with Crippen LogP contribution in [0.2, 0.25) is 0 Å². The monoisotopic (exact) mass is 375 g/mol. The Balaban J connectivity index is 1.75. The Labute approximate surface area is 161 Å². The molecule has 0 amide bonds. The second-order valence-electron chi connectivity index (χ2n) is 6.30. The zero-order valence-electron chi connectivity index (χ0n) is 15.5. The van der Waals surface area contributed by atoms with Crippen LogP contribution in [0.25, 0.3) is 22.0 Å². The van der Waals surface area contributed by atoms with Gasteiger partial charge in [-0.25, -0.2) is 24.3 Å². The molecule has 0 fully saturated rings. The van der Waals surface area contributed by atoms with Gasteiger partial charge >= 0.3 is 0 Å². The minimum Gasteiger partial charge on any atom is -0.494 e. The van der Waals surface area contributed by atoms with Crippen LogP contribution >= 0.6 is 0 Å². The summed E-state index contributed by atoms with van der Waals surface area (Å²) < 4.78 is 18.8. The zero-order chi connectivity index (χ0) is 19.5. The molecule has 0 saturated carbocycles. The Morgan fingerprint density at radius 2 is 1.71 bits per heavy atom. The summed E-state index contributed by atoms with van der Waals surface area (Å²) in [4.78, 5) is 17.2. The van der Waals surface area contributed by atoms with Crippen molar-refractivity contribution in [3.8, 4) is 16.9 Å². The molecule has 7 heteroatoms. The van der Waals surface area contributed by atoms with E-state index in [1.54, 1.807) is 31.6 Å². The molecule has 0 aliphatic heterocycles. The number of hydrogen-bond acceptors (Lipinski definition) is 6. The number of ether oxygens (including phenoxy) is 1. The molecule has 4 rings (SSSR count). The number of hydrogen-bond donors (Lipinski definition) is 1. The van der Waals surface area contributed by atoms with Crippen LogP contribution in [0.15, 0.2) is 55.1 Å². The number of nitrogens with zero attached hydrogens (tertiary/aromatic N) is 4. The molecule has 0 saturated heterocycles. The number of rotatable bonds is 5. The topological polar surface area (TPSA) is 72.8 Å². The first kappa shape index (κ1) is 17.8. The van der Waals surface area contributed by atoms with E-state index in [1.165, 1.54) is 18.5 Å². The lowest BCUT2D eigenvalue weighted by Gasteiger charge is -2.13. The average Bonchev–Trinajstić information content (AvgIpc) is 2.73. The fraction of sp³-hybridized carbons (Fsp3) is 0.143. The summed E-state index contributed by atoms with van der Waals surface area (Å²) in [5.74, 6) is 1.75. The summed E-state index contributed by atoms with van der Waals surface area (Å²) in [6.07, 6.45) is 5.06. The molecule has 2 heterocycles. The summed E-state index contributed by atoms with van der Waals surface area (Å²) in [5, 5.41) is 4.13. The van der Waals surface area contributed by atoms with E-state index in [1.807, 2.05) is 19.1 Å². The molecule has 0 atom stereocenters. The number of halogens is 1. The maximum absolute atomic E-state index is 13.3. The fourth-order valence-corrected chi connectivity index (χ4v) is 2.94. The van der Waals surface area contributed by atoms with Gasteiger partial charge in [0.1, 0.15) is 35.1 Å². The molecule has 2 aromatic carbocycles. The van der Waals surface area contributed by atoms with E-state index in [-0.39, 0.29) is 5.82 Å². The smallest absolute Gasteiger partial charge is 0.145 e. The van der Waals surface area contributed by atoms with E-state index < -0.39 is 0 Å². The van der Waals surface area contributed by atoms with E-state index in [0.717, 1.165) is 27.9 Å². The number of fused-ring (bicyclic) bond motifs is 1. The van der Waals surface area contributed by atoms with Gasteiger partial charge < -0.3 is 10.1 Å². The quantitative estimate of drug-likeness (QED) is 0.565. The first-order chi connectivity index (χ1) is 13.6. The van der Waals surface area contributed by atoms with Gasteiger partial charge in [-0.2, -0.15) is 0 Å². The van der Waals surface area contributed by atoms with Crippen molar-refractivity contribution in [3.05, 3.63) is 72.3 Å². The lowest BCUT2D eigenvalue weighted by Crippen LogP contribution is -2.04. The van der Waals surface area contributed by atoms with Crippen LogP contribution in [0.4, 0.5) is 10.2 Å². The molecule has 0 aliphatic rings. The maximum Gasteiger partial charge on any atom is 0.145 e. The molecule has 0 aliphatic carbocycles. The Bertz CT molecular complexity index is 1110. The highest BCUT2D eigenvalue weighted by molar-refractivity contribution is 5.96. The van der Waals surface area contributed by atoms with E-state index in [0.29, 0.717) is 23.6 Å². The van der Waals surface area contributed by atoms with Crippen molar-refractivity contribution < 1.29 is 9.13 Å². The number of aryl methyl sites for hydroxylation is 1. The van der Waals surface area contributed by atoms with Crippen LogP contribution in [0.1, 0.15) is 11.4 Å².